The molecule has 0 radical (unpaired) electrons. The maximum Gasteiger partial charge on any atom is 0.426 e. The van der Waals surface area contributed by atoms with Crippen LogP contribution in [0.2, 0.25) is 0 Å². The average Bonchev–Trinajstić information content (AvgIpc) is 2.87. The van der Waals surface area contributed by atoms with Crippen molar-refractivity contribution < 1.29 is 26.7 Å². The zero-order valence-electron chi connectivity index (χ0n) is 20.3. The monoisotopic (exact) mass is 494 g/mol. The van der Waals surface area contributed by atoms with Gasteiger partial charge in [0, 0.05) is 0 Å². The van der Waals surface area contributed by atoms with Crippen LogP contribution in [0.25, 0.3) is 0 Å². The Kier molecular flexibility index (Phi) is 8.38. The quantitative estimate of drug-likeness (QED) is 0.263. The third kappa shape index (κ3) is 6.56. The van der Waals surface area contributed by atoms with Gasteiger partial charge in [-0.15, -0.1) is 0 Å². The Morgan fingerprint density at radius 3 is 1.80 bits per heavy atom. The van der Waals surface area contributed by atoms with Crippen LogP contribution < -0.4 is 4.74 Å². The van der Waals surface area contributed by atoms with Crippen LogP contribution in [-0.4, -0.2) is 0 Å². The lowest BCUT2D eigenvalue weighted by Crippen LogP contribution is -2.25. The Bertz CT molecular complexity index is 935. The second kappa shape index (κ2) is 11.3. The van der Waals surface area contributed by atoms with Crippen LogP contribution in [0.15, 0.2) is 36.4 Å². The number of ether oxygens (including phenoxy) is 1. The summed E-state index contributed by atoms with van der Waals surface area (Å²) in [5.41, 5.74) is -0.0356. The third-order valence-electron chi connectivity index (χ3n) is 8.36. The van der Waals surface area contributed by atoms with E-state index >= 15 is 0 Å². The first-order chi connectivity index (χ1) is 16.7. The number of aryl methyl sites for hydroxylation is 1. The summed E-state index contributed by atoms with van der Waals surface area (Å²) in [6, 6.07) is 6.85. The van der Waals surface area contributed by atoms with Crippen molar-refractivity contribution in [3.05, 3.63) is 65.0 Å². The highest BCUT2D eigenvalue weighted by molar-refractivity contribution is 5.29. The normalized spacial score (nSPS) is 25.4. The molecule has 0 unspecified atom stereocenters. The molecule has 6 heteroatoms. The van der Waals surface area contributed by atoms with Crippen LogP contribution in [0.4, 0.5) is 22.0 Å². The summed E-state index contributed by atoms with van der Waals surface area (Å²) in [5.74, 6) is -1.81. The number of hydrogen-bond acceptors (Lipinski definition) is 1. The Balaban J connectivity index is 1.23. The summed E-state index contributed by atoms with van der Waals surface area (Å²) in [5, 5.41) is 0. The molecule has 2 saturated carbocycles. The predicted molar refractivity (Wildman–Crippen MR) is 127 cm³/mol. The minimum absolute atomic E-state index is 0.123. The van der Waals surface area contributed by atoms with Crippen molar-refractivity contribution in [2.45, 2.75) is 83.7 Å². The highest BCUT2D eigenvalue weighted by Crippen LogP contribution is 2.42. The van der Waals surface area contributed by atoms with Gasteiger partial charge in [-0.2, -0.15) is 8.78 Å². The zero-order chi connectivity index (χ0) is 25.0. The fourth-order valence-corrected chi connectivity index (χ4v) is 6.04. The van der Waals surface area contributed by atoms with E-state index in [1.807, 2.05) is 0 Å². The van der Waals surface area contributed by atoms with Crippen LogP contribution in [-0.2, 0) is 12.5 Å². The smallest absolute Gasteiger partial charge is 0.426 e. The van der Waals surface area contributed by atoms with Gasteiger partial charge in [-0.05, 0) is 92.0 Å². The van der Waals surface area contributed by atoms with Crippen molar-refractivity contribution in [1.29, 1.82) is 0 Å². The number of rotatable bonds is 8. The highest BCUT2D eigenvalue weighted by Gasteiger charge is 2.36. The SMILES string of the molecule is CCC1CCC(C2CCC(CCc3ccc(OC(F)(F)c4cc(F)c(F)c(F)c4)cc3)CC2)CC1. The van der Waals surface area contributed by atoms with Crippen LogP contribution >= 0.6 is 0 Å². The molecule has 35 heavy (non-hydrogen) atoms. The van der Waals surface area contributed by atoms with E-state index in [9.17, 15) is 22.0 Å². The number of benzene rings is 2. The first kappa shape index (κ1) is 26.0. The van der Waals surface area contributed by atoms with E-state index in [4.69, 9.17) is 0 Å². The molecule has 2 aromatic rings. The molecule has 0 aliphatic heterocycles. The molecule has 0 aromatic heterocycles. The minimum Gasteiger partial charge on any atom is -0.429 e. The molecule has 0 saturated heterocycles. The Morgan fingerprint density at radius 2 is 1.29 bits per heavy atom. The molecule has 1 nitrogen and oxygen atoms in total. The summed E-state index contributed by atoms with van der Waals surface area (Å²) < 4.78 is 73.1. The van der Waals surface area contributed by atoms with E-state index in [0.717, 1.165) is 36.2 Å². The largest absolute Gasteiger partial charge is 0.429 e. The van der Waals surface area contributed by atoms with Gasteiger partial charge in [0.25, 0.3) is 0 Å². The molecule has 192 valence electrons. The highest BCUT2D eigenvalue weighted by atomic mass is 19.3. The Hall–Kier alpha value is -2.11. The van der Waals surface area contributed by atoms with Gasteiger partial charge in [-0.1, -0.05) is 51.2 Å². The second-order valence-electron chi connectivity index (χ2n) is 10.5. The van der Waals surface area contributed by atoms with Crippen molar-refractivity contribution in [2.24, 2.45) is 23.7 Å². The van der Waals surface area contributed by atoms with Crippen LogP contribution in [0.3, 0.4) is 0 Å². The summed E-state index contributed by atoms with van der Waals surface area (Å²) >= 11 is 0. The lowest BCUT2D eigenvalue weighted by molar-refractivity contribution is -0.185. The second-order valence-corrected chi connectivity index (χ2v) is 10.5. The molecule has 0 N–H and O–H groups in total. The summed E-state index contributed by atoms with van der Waals surface area (Å²) in [4.78, 5) is 0. The van der Waals surface area contributed by atoms with Crippen LogP contribution in [0.1, 0.15) is 82.3 Å². The first-order valence-corrected chi connectivity index (χ1v) is 13.1. The summed E-state index contributed by atoms with van der Waals surface area (Å²) in [7, 11) is 0. The van der Waals surface area contributed by atoms with E-state index in [-0.39, 0.29) is 17.9 Å². The van der Waals surface area contributed by atoms with Crippen molar-refractivity contribution in [3.63, 3.8) is 0 Å². The molecule has 2 aliphatic rings. The first-order valence-electron chi connectivity index (χ1n) is 13.1. The number of hydrogen-bond donors (Lipinski definition) is 0. The van der Waals surface area contributed by atoms with Gasteiger partial charge in [0.1, 0.15) is 5.75 Å². The molecule has 0 bridgehead atoms. The zero-order valence-corrected chi connectivity index (χ0v) is 20.3. The molecule has 0 spiro atoms. The fraction of sp³-hybridized carbons (Fsp3) is 0.586. The molecule has 0 atom stereocenters. The molecule has 2 fully saturated rings. The molecule has 2 aliphatic carbocycles. The van der Waals surface area contributed by atoms with E-state index in [1.54, 1.807) is 12.1 Å². The number of alkyl halides is 2. The van der Waals surface area contributed by atoms with Crippen molar-refractivity contribution in [2.75, 3.05) is 0 Å². The van der Waals surface area contributed by atoms with E-state index in [1.165, 1.54) is 69.9 Å². The van der Waals surface area contributed by atoms with Gasteiger partial charge in [0.15, 0.2) is 17.5 Å². The molecule has 2 aromatic carbocycles. The number of halogens is 5. The van der Waals surface area contributed by atoms with Crippen LogP contribution in [0, 0.1) is 41.1 Å². The van der Waals surface area contributed by atoms with Crippen molar-refractivity contribution in [1.82, 2.24) is 0 Å². The molecule has 0 heterocycles. The standard InChI is InChI=1S/C29H35F5O/c1-2-19-5-11-22(12-6-19)23-13-7-20(8-14-23)3-4-21-9-15-25(16-10-21)35-29(33,34)24-17-26(30)28(32)27(31)18-24/h9-10,15-20,22-23H,2-8,11-14H2,1H3. The maximum atomic E-state index is 14.4. The molecular weight excluding hydrogens is 459 g/mol. The van der Waals surface area contributed by atoms with Crippen LogP contribution in [0.5, 0.6) is 5.75 Å². The lowest BCUT2D eigenvalue weighted by atomic mass is 9.68. The van der Waals surface area contributed by atoms with Gasteiger partial charge in [0.2, 0.25) is 0 Å². The van der Waals surface area contributed by atoms with Gasteiger partial charge in [-0.25, -0.2) is 13.2 Å². The van der Waals surface area contributed by atoms with E-state index in [0.29, 0.717) is 5.92 Å². The summed E-state index contributed by atoms with van der Waals surface area (Å²) in [6.45, 7) is 2.31. The molecule has 0 amide bonds. The van der Waals surface area contributed by atoms with Crippen molar-refractivity contribution >= 4 is 0 Å². The van der Waals surface area contributed by atoms with Gasteiger partial charge >= 0.3 is 6.11 Å². The molecular formula is C29H35F5O. The predicted octanol–water partition coefficient (Wildman–Crippen LogP) is 9.19. The maximum absolute atomic E-state index is 14.4. The van der Waals surface area contributed by atoms with Gasteiger partial charge in [0.05, 0.1) is 5.56 Å². The average molecular weight is 495 g/mol. The third-order valence-corrected chi connectivity index (χ3v) is 8.36. The minimum atomic E-state index is -3.99. The van der Waals surface area contributed by atoms with Crippen molar-refractivity contribution in [3.8, 4) is 5.75 Å². The Morgan fingerprint density at radius 1 is 0.771 bits per heavy atom. The van der Waals surface area contributed by atoms with Gasteiger partial charge < -0.3 is 4.74 Å². The fourth-order valence-electron chi connectivity index (χ4n) is 6.04. The Labute approximate surface area is 205 Å². The topological polar surface area (TPSA) is 9.23 Å². The molecule has 4 rings (SSSR count). The summed E-state index contributed by atoms with van der Waals surface area (Å²) in [6.07, 6.45) is 10.1. The van der Waals surface area contributed by atoms with Gasteiger partial charge in [-0.3, -0.25) is 0 Å². The van der Waals surface area contributed by atoms with E-state index in [2.05, 4.69) is 11.7 Å². The van der Waals surface area contributed by atoms with E-state index < -0.39 is 29.1 Å². The lowest BCUT2D eigenvalue weighted by Gasteiger charge is -2.37.